The van der Waals surface area contributed by atoms with Gasteiger partial charge in [0.15, 0.2) is 0 Å². The molecule has 0 aliphatic heterocycles. The molecule has 0 radical (unpaired) electrons. The predicted octanol–water partition coefficient (Wildman–Crippen LogP) is 4.64. The maximum absolute atomic E-state index is 10.6. The van der Waals surface area contributed by atoms with Crippen LogP contribution in [0.5, 0.6) is 5.75 Å². The van der Waals surface area contributed by atoms with Crippen molar-refractivity contribution in [2.24, 2.45) is 10.2 Å². The largest absolute Gasteiger partial charge is 0.496 e. The van der Waals surface area contributed by atoms with Crippen LogP contribution in [0, 0.1) is 24.0 Å². The first-order chi connectivity index (χ1) is 10.0. The number of methoxy groups -OCH3 is 1. The summed E-state index contributed by atoms with van der Waals surface area (Å²) in [4.78, 5) is 10.1. The number of aryl methyl sites for hydroxylation is 2. The number of nitro groups is 1. The van der Waals surface area contributed by atoms with E-state index in [0.717, 1.165) is 22.6 Å². The summed E-state index contributed by atoms with van der Waals surface area (Å²) in [5.41, 5.74) is 3.26. The van der Waals surface area contributed by atoms with Gasteiger partial charge in [-0.3, -0.25) is 10.1 Å². The summed E-state index contributed by atoms with van der Waals surface area (Å²) in [6, 6.07) is 9.73. The van der Waals surface area contributed by atoms with Crippen molar-refractivity contribution in [3.63, 3.8) is 0 Å². The lowest BCUT2D eigenvalue weighted by molar-refractivity contribution is -0.384. The summed E-state index contributed by atoms with van der Waals surface area (Å²) >= 11 is 0. The average molecular weight is 285 g/mol. The zero-order valence-electron chi connectivity index (χ0n) is 12.0. The fourth-order valence-electron chi connectivity index (χ4n) is 1.85. The quantitative estimate of drug-likeness (QED) is 0.466. The molecule has 0 aromatic heterocycles. The van der Waals surface area contributed by atoms with Crippen LogP contribution in [-0.2, 0) is 0 Å². The van der Waals surface area contributed by atoms with Crippen LogP contribution in [0.15, 0.2) is 46.6 Å². The lowest BCUT2D eigenvalue weighted by Crippen LogP contribution is -1.88. The highest BCUT2D eigenvalue weighted by molar-refractivity contribution is 5.53. The van der Waals surface area contributed by atoms with E-state index >= 15 is 0 Å². The van der Waals surface area contributed by atoms with Crippen LogP contribution < -0.4 is 4.74 Å². The van der Waals surface area contributed by atoms with E-state index in [-0.39, 0.29) is 5.69 Å². The van der Waals surface area contributed by atoms with Crippen LogP contribution in [0.2, 0.25) is 0 Å². The van der Waals surface area contributed by atoms with E-state index in [4.69, 9.17) is 4.74 Å². The van der Waals surface area contributed by atoms with Crippen LogP contribution in [0.1, 0.15) is 11.1 Å². The van der Waals surface area contributed by atoms with Crippen LogP contribution in [-0.4, -0.2) is 12.0 Å². The normalized spacial score (nSPS) is 10.8. The summed E-state index contributed by atoms with van der Waals surface area (Å²) < 4.78 is 5.24. The molecule has 0 N–H and O–H groups in total. The number of rotatable bonds is 4. The standard InChI is InChI=1S/C15H15N3O3/c1-10-9-15(21-3)11(2)8-14(10)17-16-12-4-6-13(7-5-12)18(19)20/h4-9H,1-3H3/b17-16+. The number of hydrogen-bond donors (Lipinski definition) is 0. The summed E-state index contributed by atoms with van der Waals surface area (Å²) in [5.74, 6) is 0.807. The molecule has 2 rings (SSSR count). The first kappa shape index (κ1) is 14.6. The van der Waals surface area contributed by atoms with Crippen molar-refractivity contribution in [2.45, 2.75) is 13.8 Å². The van der Waals surface area contributed by atoms with Gasteiger partial charge in [0.1, 0.15) is 5.75 Å². The molecule has 6 heteroatoms. The maximum atomic E-state index is 10.6. The van der Waals surface area contributed by atoms with Gasteiger partial charge in [0.2, 0.25) is 0 Å². The Bertz CT molecular complexity index is 694. The Morgan fingerprint density at radius 2 is 1.71 bits per heavy atom. The fraction of sp³-hybridized carbons (Fsp3) is 0.200. The molecule has 21 heavy (non-hydrogen) atoms. The lowest BCUT2D eigenvalue weighted by atomic mass is 10.1. The average Bonchev–Trinajstić information content (AvgIpc) is 2.48. The summed E-state index contributed by atoms with van der Waals surface area (Å²) in [6.07, 6.45) is 0. The number of ether oxygens (including phenoxy) is 1. The second-order valence-electron chi connectivity index (χ2n) is 4.58. The third-order valence-electron chi connectivity index (χ3n) is 3.05. The second-order valence-corrected chi connectivity index (χ2v) is 4.58. The SMILES string of the molecule is COc1cc(C)c(/N=N/c2ccc([N+](=O)[O-])cc2)cc1C. The first-order valence-corrected chi connectivity index (χ1v) is 6.32. The van der Waals surface area contributed by atoms with E-state index in [2.05, 4.69) is 10.2 Å². The third-order valence-corrected chi connectivity index (χ3v) is 3.05. The molecule has 2 aromatic rings. The summed E-state index contributed by atoms with van der Waals surface area (Å²) in [7, 11) is 1.62. The van der Waals surface area contributed by atoms with E-state index in [0.29, 0.717) is 5.69 Å². The minimum absolute atomic E-state index is 0.0328. The number of nitrogens with zero attached hydrogens (tertiary/aromatic N) is 3. The van der Waals surface area contributed by atoms with Gasteiger partial charge in [0.05, 0.1) is 23.4 Å². The van der Waals surface area contributed by atoms with Crippen LogP contribution in [0.4, 0.5) is 17.1 Å². The minimum Gasteiger partial charge on any atom is -0.496 e. The molecule has 0 fully saturated rings. The molecule has 0 bridgehead atoms. The fourth-order valence-corrected chi connectivity index (χ4v) is 1.85. The first-order valence-electron chi connectivity index (χ1n) is 6.32. The zero-order chi connectivity index (χ0) is 15.4. The van der Waals surface area contributed by atoms with Crippen molar-refractivity contribution in [1.29, 1.82) is 0 Å². The highest BCUT2D eigenvalue weighted by Gasteiger charge is 2.05. The molecule has 0 atom stereocenters. The van der Waals surface area contributed by atoms with Gasteiger partial charge in [-0.15, -0.1) is 0 Å². The van der Waals surface area contributed by atoms with Gasteiger partial charge in [-0.05, 0) is 49.2 Å². The monoisotopic (exact) mass is 285 g/mol. The van der Waals surface area contributed by atoms with Crippen molar-refractivity contribution in [1.82, 2.24) is 0 Å². The van der Waals surface area contributed by atoms with Crippen LogP contribution in [0.3, 0.4) is 0 Å². The molecular formula is C15H15N3O3. The second kappa shape index (κ2) is 6.13. The summed E-state index contributed by atoms with van der Waals surface area (Å²) in [6.45, 7) is 3.86. The van der Waals surface area contributed by atoms with Gasteiger partial charge >= 0.3 is 0 Å². The molecule has 0 aliphatic rings. The predicted molar refractivity (Wildman–Crippen MR) is 79.7 cm³/mol. The number of benzene rings is 2. The molecule has 0 unspecified atom stereocenters. The van der Waals surface area contributed by atoms with Gasteiger partial charge < -0.3 is 4.74 Å². The minimum atomic E-state index is -0.447. The van der Waals surface area contributed by atoms with E-state index in [1.54, 1.807) is 19.2 Å². The molecule has 0 saturated heterocycles. The Morgan fingerprint density at radius 1 is 1.05 bits per heavy atom. The Balaban J connectivity index is 2.25. The lowest BCUT2D eigenvalue weighted by Gasteiger charge is -2.07. The smallest absolute Gasteiger partial charge is 0.269 e. The van der Waals surface area contributed by atoms with Crippen molar-refractivity contribution in [3.8, 4) is 5.75 Å². The number of hydrogen-bond acceptors (Lipinski definition) is 5. The number of non-ortho nitro benzene ring substituents is 1. The number of nitro benzene ring substituents is 1. The van der Waals surface area contributed by atoms with Crippen LogP contribution in [0.25, 0.3) is 0 Å². The van der Waals surface area contributed by atoms with Gasteiger partial charge in [-0.1, -0.05) is 0 Å². The van der Waals surface area contributed by atoms with E-state index in [9.17, 15) is 10.1 Å². The van der Waals surface area contributed by atoms with Gasteiger partial charge in [-0.25, -0.2) is 0 Å². The molecule has 0 saturated carbocycles. The van der Waals surface area contributed by atoms with Gasteiger partial charge in [0.25, 0.3) is 5.69 Å². The maximum Gasteiger partial charge on any atom is 0.269 e. The Labute approximate surface area is 122 Å². The highest BCUT2D eigenvalue weighted by Crippen LogP contribution is 2.29. The molecule has 0 aliphatic carbocycles. The van der Waals surface area contributed by atoms with Crippen LogP contribution >= 0.6 is 0 Å². The van der Waals surface area contributed by atoms with E-state index in [1.165, 1.54) is 12.1 Å². The molecular weight excluding hydrogens is 270 g/mol. The summed E-state index contributed by atoms with van der Waals surface area (Å²) in [5, 5.41) is 18.9. The third kappa shape index (κ3) is 3.42. The Kier molecular flexibility index (Phi) is 4.27. The highest BCUT2D eigenvalue weighted by atomic mass is 16.6. The zero-order valence-corrected chi connectivity index (χ0v) is 12.0. The van der Waals surface area contributed by atoms with Crippen molar-refractivity contribution in [2.75, 3.05) is 7.11 Å². The molecule has 0 spiro atoms. The molecule has 2 aromatic carbocycles. The molecule has 0 amide bonds. The van der Waals surface area contributed by atoms with E-state index in [1.807, 2.05) is 26.0 Å². The van der Waals surface area contributed by atoms with Crippen molar-refractivity contribution in [3.05, 3.63) is 57.6 Å². The molecule has 0 heterocycles. The van der Waals surface area contributed by atoms with E-state index < -0.39 is 4.92 Å². The Morgan fingerprint density at radius 3 is 2.29 bits per heavy atom. The number of azo groups is 1. The topological polar surface area (TPSA) is 77.1 Å². The van der Waals surface area contributed by atoms with Gasteiger partial charge in [0, 0.05) is 12.1 Å². The Hall–Kier alpha value is -2.76. The van der Waals surface area contributed by atoms with Crippen molar-refractivity contribution < 1.29 is 9.66 Å². The molecule has 6 nitrogen and oxygen atoms in total. The molecule has 108 valence electrons. The van der Waals surface area contributed by atoms with Gasteiger partial charge in [-0.2, -0.15) is 10.2 Å². The van der Waals surface area contributed by atoms with Crippen molar-refractivity contribution >= 4 is 17.1 Å².